The first-order valence-electron chi connectivity index (χ1n) is 3.48. The third-order valence-corrected chi connectivity index (χ3v) is 2.27. The Hall–Kier alpha value is -0.280. The predicted molar refractivity (Wildman–Crippen MR) is 49.9 cm³/mol. The number of rotatable bonds is 3. The minimum Gasteiger partial charge on any atom is -0.392 e. The Morgan fingerprint density at radius 1 is 1.42 bits per heavy atom. The molecule has 1 unspecified atom stereocenters. The van der Waals surface area contributed by atoms with Crippen molar-refractivity contribution in [2.75, 3.05) is 0 Å². The van der Waals surface area contributed by atoms with Crippen LogP contribution in [0.15, 0.2) is 24.3 Å². The highest BCUT2D eigenvalue weighted by Gasteiger charge is 2.09. The van der Waals surface area contributed by atoms with E-state index in [2.05, 4.69) is 4.84 Å². The zero-order valence-electron chi connectivity index (χ0n) is 6.30. The van der Waals surface area contributed by atoms with Crippen molar-refractivity contribution in [3.63, 3.8) is 0 Å². The van der Waals surface area contributed by atoms with Gasteiger partial charge in [0.15, 0.2) is 0 Å². The summed E-state index contributed by atoms with van der Waals surface area (Å²) >= 11 is 11.2. The summed E-state index contributed by atoms with van der Waals surface area (Å²) in [7, 11) is 0. The fourth-order valence-electron chi connectivity index (χ4n) is 0.984. The maximum absolute atomic E-state index is 8.93. The molecule has 1 rings (SSSR count). The van der Waals surface area contributed by atoms with Gasteiger partial charge < -0.3 is 5.11 Å². The van der Waals surface area contributed by atoms with Crippen LogP contribution in [-0.2, 0) is 6.61 Å². The van der Waals surface area contributed by atoms with E-state index >= 15 is 0 Å². The molecule has 0 saturated heterocycles. The number of hydrogen-bond acceptors (Lipinski definition) is 2. The largest absolute Gasteiger partial charge is 0.392 e. The zero-order chi connectivity index (χ0) is 8.97. The van der Waals surface area contributed by atoms with Crippen LogP contribution in [0.4, 0.5) is 0 Å². The van der Waals surface area contributed by atoms with Crippen LogP contribution in [0, 0.1) is 0 Å². The summed E-state index contributed by atoms with van der Waals surface area (Å²) in [5.74, 6) is 0. The van der Waals surface area contributed by atoms with Crippen molar-refractivity contribution in [3.8, 4) is 0 Å². The van der Waals surface area contributed by atoms with Gasteiger partial charge in [-0.25, -0.2) is 4.84 Å². The molecule has 0 aliphatic heterocycles. The fraction of sp³-hybridized carbons (Fsp3) is 0.250. The van der Waals surface area contributed by atoms with E-state index in [1.807, 2.05) is 18.2 Å². The number of benzene rings is 1. The first kappa shape index (κ1) is 9.81. The first-order chi connectivity index (χ1) is 5.79. The molecule has 0 heterocycles. The van der Waals surface area contributed by atoms with Gasteiger partial charge in [0.1, 0.15) is 5.50 Å². The van der Waals surface area contributed by atoms with Crippen LogP contribution in [0.5, 0.6) is 0 Å². The normalized spacial score (nSPS) is 12.9. The molecule has 0 fully saturated rings. The number of aliphatic hydroxyl groups excluding tert-OH is 1. The molecule has 0 aliphatic carbocycles. The molecule has 66 valence electrons. The van der Waals surface area contributed by atoms with Gasteiger partial charge in [0.05, 0.1) is 6.61 Å². The smallest absolute Gasteiger partial charge is 0.122 e. The average molecular weight is 206 g/mol. The standard InChI is InChI=1S/C8H9Cl2NO/c9-8(11-10)7-4-2-1-3-6(7)5-12/h1-4,8,11-12H,5H2. The van der Waals surface area contributed by atoms with Gasteiger partial charge >= 0.3 is 0 Å². The van der Waals surface area contributed by atoms with Gasteiger partial charge in [-0.1, -0.05) is 35.9 Å². The van der Waals surface area contributed by atoms with E-state index in [0.717, 1.165) is 11.1 Å². The third kappa shape index (κ3) is 2.11. The molecule has 0 aliphatic rings. The molecule has 0 bridgehead atoms. The number of nitrogens with one attached hydrogen (secondary N) is 1. The summed E-state index contributed by atoms with van der Waals surface area (Å²) in [5, 5.41) is 8.93. The van der Waals surface area contributed by atoms with Crippen molar-refractivity contribution < 1.29 is 5.11 Å². The van der Waals surface area contributed by atoms with Crippen molar-refractivity contribution in [1.29, 1.82) is 0 Å². The lowest BCUT2D eigenvalue weighted by Crippen LogP contribution is -2.06. The second-order valence-corrected chi connectivity index (χ2v) is 2.98. The van der Waals surface area contributed by atoms with E-state index in [1.54, 1.807) is 6.07 Å². The van der Waals surface area contributed by atoms with Crippen molar-refractivity contribution in [2.24, 2.45) is 0 Å². The van der Waals surface area contributed by atoms with E-state index < -0.39 is 5.50 Å². The molecular formula is C8H9Cl2NO. The Morgan fingerprint density at radius 3 is 2.67 bits per heavy atom. The van der Waals surface area contributed by atoms with Crippen LogP contribution in [-0.4, -0.2) is 5.11 Å². The Kier molecular flexibility index (Phi) is 3.82. The van der Waals surface area contributed by atoms with Crippen LogP contribution < -0.4 is 4.84 Å². The summed E-state index contributed by atoms with van der Waals surface area (Å²) in [5.41, 5.74) is 1.12. The highest BCUT2D eigenvalue weighted by Crippen LogP contribution is 2.21. The van der Waals surface area contributed by atoms with Crippen LogP contribution in [0.2, 0.25) is 0 Å². The quantitative estimate of drug-likeness (QED) is 0.451. The maximum atomic E-state index is 8.93. The monoisotopic (exact) mass is 205 g/mol. The minimum absolute atomic E-state index is 0.0298. The first-order valence-corrected chi connectivity index (χ1v) is 4.30. The van der Waals surface area contributed by atoms with Gasteiger partial charge in [-0.2, -0.15) is 0 Å². The molecule has 0 radical (unpaired) electrons. The van der Waals surface area contributed by atoms with E-state index in [-0.39, 0.29) is 6.61 Å². The van der Waals surface area contributed by atoms with Crippen LogP contribution in [0.25, 0.3) is 0 Å². The summed E-state index contributed by atoms with van der Waals surface area (Å²) in [6, 6.07) is 7.31. The number of alkyl halides is 1. The molecular weight excluding hydrogens is 197 g/mol. The molecule has 1 aromatic carbocycles. The highest BCUT2D eigenvalue weighted by atomic mass is 35.5. The lowest BCUT2D eigenvalue weighted by Gasteiger charge is -2.10. The van der Waals surface area contributed by atoms with Crippen molar-refractivity contribution in [2.45, 2.75) is 12.1 Å². The molecule has 4 heteroatoms. The Labute approximate surface area is 81.2 Å². The lowest BCUT2D eigenvalue weighted by molar-refractivity contribution is 0.280. The van der Waals surface area contributed by atoms with E-state index in [9.17, 15) is 0 Å². The van der Waals surface area contributed by atoms with Gasteiger partial charge in [0.25, 0.3) is 0 Å². The molecule has 12 heavy (non-hydrogen) atoms. The fourth-order valence-corrected chi connectivity index (χ4v) is 1.31. The van der Waals surface area contributed by atoms with E-state index in [1.165, 1.54) is 0 Å². The summed E-state index contributed by atoms with van der Waals surface area (Å²) in [6.45, 7) is -0.0298. The molecule has 0 aromatic heterocycles. The second kappa shape index (κ2) is 4.67. The molecule has 0 spiro atoms. The number of hydrogen-bond donors (Lipinski definition) is 2. The Morgan fingerprint density at radius 2 is 2.08 bits per heavy atom. The van der Waals surface area contributed by atoms with Crippen LogP contribution in [0.1, 0.15) is 16.6 Å². The summed E-state index contributed by atoms with van der Waals surface area (Å²) in [6.07, 6.45) is 0. The van der Waals surface area contributed by atoms with Gasteiger partial charge in [-0.3, -0.25) is 0 Å². The Balaban J connectivity index is 2.96. The molecule has 2 N–H and O–H groups in total. The molecule has 2 nitrogen and oxygen atoms in total. The van der Waals surface area contributed by atoms with Crippen molar-refractivity contribution >= 4 is 23.4 Å². The van der Waals surface area contributed by atoms with Crippen LogP contribution >= 0.6 is 23.4 Å². The number of halogens is 2. The lowest BCUT2D eigenvalue weighted by atomic mass is 10.1. The average Bonchev–Trinajstić information content (AvgIpc) is 2.16. The van der Waals surface area contributed by atoms with E-state index in [0.29, 0.717) is 0 Å². The Bertz CT molecular complexity index is 255. The predicted octanol–water partition coefficient (Wildman–Crippen LogP) is 2.16. The van der Waals surface area contributed by atoms with Crippen molar-refractivity contribution in [3.05, 3.63) is 35.4 Å². The van der Waals surface area contributed by atoms with Crippen LogP contribution in [0.3, 0.4) is 0 Å². The van der Waals surface area contributed by atoms with E-state index in [4.69, 9.17) is 28.5 Å². The van der Waals surface area contributed by atoms with Gasteiger partial charge in [-0.15, -0.1) is 0 Å². The van der Waals surface area contributed by atoms with Gasteiger partial charge in [0.2, 0.25) is 0 Å². The maximum Gasteiger partial charge on any atom is 0.122 e. The molecule has 0 saturated carbocycles. The minimum atomic E-state index is -0.463. The molecule has 1 atom stereocenters. The topological polar surface area (TPSA) is 32.3 Å². The summed E-state index contributed by atoms with van der Waals surface area (Å²) in [4.78, 5) is 2.38. The van der Waals surface area contributed by atoms with Crippen molar-refractivity contribution in [1.82, 2.24) is 4.84 Å². The van der Waals surface area contributed by atoms with Gasteiger partial charge in [-0.05, 0) is 22.9 Å². The number of aliphatic hydroxyl groups is 1. The second-order valence-electron chi connectivity index (χ2n) is 2.33. The third-order valence-electron chi connectivity index (χ3n) is 1.59. The summed E-state index contributed by atoms with van der Waals surface area (Å²) < 4.78 is 0. The molecule has 0 amide bonds. The zero-order valence-corrected chi connectivity index (χ0v) is 7.81. The van der Waals surface area contributed by atoms with Gasteiger partial charge in [0, 0.05) is 0 Å². The molecule has 1 aromatic rings. The SMILES string of the molecule is OCc1ccccc1C(Cl)NCl. The highest BCUT2D eigenvalue weighted by molar-refractivity contribution is 6.25.